The van der Waals surface area contributed by atoms with E-state index in [-0.39, 0.29) is 5.56 Å². The van der Waals surface area contributed by atoms with E-state index in [0.717, 1.165) is 5.56 Å². The van der Waals surface area contributed by atoms with Crippen LogP contribution in [0.3, 0.4) is 0 Å². The molecular weight excluding hydrogens is 266 g/mol. The third-order valence-electron chi connectivity index (χ3n) is 2.86. The summed E-state index contributed by atoms with van der Waals surface area (Å²) in [6.07, 6.45) is 4.68. The maximum absolute atomic E-state index is 12.2. The Morgan fingerprint density at radius 3 is 2.84 bits per heavy atom. The zero-order valence-corrected chi connectivity index (χ0v) is 10.9. The van der Waals surface area contributed by atoms with Gasteiger partial charge in [0.05, 0.1) is 12.7 Å². The lowest BCUT2D eigenvalue weighted by Gasteiger charge is -2.05. The Kier molecular flexibility index (Phi) is 2.79. The van der Waals surface area contributed by atoms with E-state index >= 15 is 0 Å². The third kappa shape index (κ3) is 2.10. The van der Waals surface area contributed by atoms with Crippen LogP contribution in [0.25, 0.3) is 11.0 Å². The number of rotatable bonds is 2. The third-order valence-corrected chi connectivity index (χ3v) is 3.08. The van der Waals surface area contributed by atoms with Gasteiger partial charge in [-0.1, -0.05) is 17.7 Å². The van der Waals surface area contributed by atoms with Crippen LogP contribution in [-0.4, -0.2) is 24.3 Å². The molecule has 7 heteroatoms. The topological polar surface area (TPSA) is 65.6 Å². The smallest absolute Gasteiger partial charge is 0.264 e. The molecule has 0 radical (unpaired) electrons. The average molecular weight is 276 g/mol. The molecule has 0 aromatic carbocycles. The van der Waals surface area contributed by atoms with Crippen LogP contribution in [0.2, 0.25) is 5.15 Å². The molecule has 96 valence electrons. The maximum Gasteiger partial charge on any atom is 0.264 e. The van der Waals surface area contributed by atoms with Gasteiger partial charge in [0.25, 0.3) is 5.56 Å². The van der Waals surface area contributed by atoms with E-state index < -0.39 is 0 Å². The quantitative estimate of drug-likeness (QED) is 0.660. The maximum atomic E-state index is 12.2. The van der Waals surface area contributed by atoms with E-state index in [1.807, 2.05) is 6.07 Å². The van der Waals surface area contributed by atoms with Gasteiger partial charge in [0.2, 0.25) is 0 Å². The van der Waals surface area contributed by atoms with E-state index in [9.17, 15) is 4.79 Å². The molecule has 0 aliphatic carbocycles. The molecule has 0 aliphatic rings. The fourth-order valence-electron chi connectivity index (χ4n) is 1.88. The Bertz CT molecular complexity index is 790. The normalized spacial score (nSPS) is 11.1. The van der Waals surface area contributed by atoms with Crippen LogP contribution >= 0.6 is 11.6 Å². The lowest BCUT2D eigenvalue weighted by atomic mass is 10.3. The molecule has 0 fully saturated rings. The highest BCUT2D eigenvalue weighted by atomic mass is 35.5. The Morgan fingerprint density at radius 2 is 2.11 bits per heavy atom. The summed E-state index contributed by atoms with van der Waals surface area (Å²) >= 11 is 5.72. The van der Waals surface area contributed by atoms with E-state index in [2.05, 4.69) is 15.1 Å². The number of aryl methyl sites for hydroxylation is 1. The van der Waals surface area contributed by atoms with E-state index in [1.165, 1.54) is 17.1 Å². The highest BCUT2D eigenvalue weighted by Gasteiger charge is 2.08. The van der Waals surface area contributed by atoms with Gasteiger partial charge in [0.1, 0.15) is 16.9 Å². The predicted octanol–water partition coefficient (Wildman–Crippen LogP) is 1.23. The largest absolute Gasteiger partial charge is 0.294 e. The highest BCUT2D eigenvalue weighted by Crippen LogP contribution is 2.07. The van der Waals surface area contributed by atoms with E-state index in [1.54, 1.807) is 24.0 Å². The standard InChI is InChI=1S/C12H10ClN5O/c1-17-11-9(5-16-17)12(19)18(7-15-11)6-8-2-3-10(13)14-4-8/h2-5,7H,6H2,1H3. The molecule has 0 unspecified atom stereocenters. The summed E-state index contributed by atoms with van der Waals surface area (Å²) in [6, 6.07) is 3.52. The summed E-state index contributed by atoms with van der Waals surface area (Å²) in [5.74, 6) is 0. The summed E-state index contributed by atoms with van der Waals surface area (Å²) < 4.78 is 3.10. The van der Waals surface area contributed by atoms with Crippen LogP contribution in [0.5, 0.6) is 0 Å². The van der Waals surface area contributed by atoms with Gasteiger partial charge in [0.15, 0.2) is 5.65 Å². The van der Waals surface area contributed by atoms with E-state index in [0.29, 0.717) is 22.7 Å². The zero-order chi connectivity index (χ0) is 13.4. The van der Waals surface area contributed by atoms with Crippen molar-refractivity contribution in [1.82, 2.24) is 24.3 Å². The Morgan fingerprint density at radius 1 is 1.26 bits per heavy atom. The van der Waals surface area contributed by atoms with Gasteiger partial charge in [-0.05, 0) is 11.6 Å². The van der Waals surface area contributed by atoms with Crippen molar-refractivity contribution in [2.45, 2.75) is 6.54 Å². The van der Waals surface area contributed by atoms with Crippen LogP contribution in [0.4, 0.5) is 0 Å². The van der Waals surface area contributed by atoms with Crippen molar-refractivity contribution in [3.8, 4) is 0 Å². The number of hydrogen-bond donors (Lipinski definition) is 0. The molecule has 3 heterocycles. The van der Waals surface area contributed by atoms with Gasteiger partial charge in [-0.3, -0.25) is 14.0 Å². The van der Waals surface area contributed by atoms with Crippen molar-refractivity contribution in [2.75, 3.05) is 0 Å². The molecule has 19 heavy (non-hydrogen) atoms. The summed E-state index contributed by atoms with van der Waals surface area (Å²) in [4.78, 5) is 20.5. The van der Waals surface area contributed by atoms with Crippen molar-refractivity contribution in [2.24, 2.45) is 7.05 Å². The predicted molar refractivity (Wildman–Crippen MR) is 71.1 cm³/mol. The second kappa shape index (κ2) is 4.47. The van der Waals surface area contributed by atoms with Crippen molar-refractivity contribution in [3.63, 3.8) is 0 Å². The summed E-state index contributed by atoms with van der Waals surface area (Å²) in [5, 5.41) is 4.96. The molecule has 6 nitrogen and oxygen atoms in total. The minimum absolute atomic E-state index is 0.118. The highest BCUT2D eigenvalue weighted by molar-refractivity contribution is 6.29. The number of aromatic nitrogens is 5. The molecule has 0 saturated carbocycles. The summed E-state index contributed by atoms with van der Waals surface area (Å²) in [7, 11) is 1.75. The van der Waals surface area contributed by atoms with E-state index in [4.69, 9.17) is 11.6 Å². The number of halogens is 1. The van der Waals surface area contributed by atoms with Crippen LogP contribution in [0, 0.1) is 0 Å². The molecule has 0 N–H and O–H groups in total. The van der Waals surface area contributed by atoms with Crippen molar-refractivity contribution < 1.29 is 0 Å². The Hall–Kier alpha value is -2.21. The molecule has 0 amide bonds. The Labute approximate surface area is 113 Å². The number of nitrogens with zero attached hydrogens (tertiary/aromatic N) is 5. The first kappa shape index (κ1) is 11.9. The lowest BCUT2D eigenvalue weighted by Crippen LogP contribution is -2.21. The first-order chi connectivity index (χ1) is 9.15. The van der Waals surface area contributed by atoms with Gasteiger partial charge >= 0.3 is 0 Å². The van der Waals surface area contributed by atoms with Crippen molar-refractivity contribution in [3.05, 3.63) is 51.9 Å². The molecule has 3 aromatic heterocycles. The Balaban J connectivity index is 2.04. The molecule has 0 saturated heterocycles. The minimum atomic E-state index is -0.118. The SMILES string of the molecule is Cn1ncc2c(=O)n(Cc3ccc(Cl)nc3)cnc21. The van der Waals surface area contributed by atoms with Gasteiger partial charge in [-0.15, -0.1) is 0 Å². The molecule has 3 aromatic rings. The second-order valence-electron chi connectivity index (χ2n) is 4.17. The fraction of sp³-hybridized carbons (Fsp3) is 0.167. The molecule has 0 bridgehead atoms. The fourth-order valence-corrected chi connectivity index (χ4v) is 1.99. The summed E-state index contributed by atoms with van der Waals surface area (Å²) in [5.41, 5.74) is 1.35. The van der Waals surface area contributed by atoms with Crippen LogP contribution in [0.15, 0.2) is 35.6 Å². The van der Waals surface area contributed by atoms with Crippen LogP contribution in [0.1, 0.15) is 5.56 Å². The molecule has 0 aliphatic heterocycles. The van der Waals surface area contributed by atoms with Crippen LogP contribution < -0.4 is 5.56 Å². The van der Waals surface area contributed by atoms with Gasteiger partial charge in [0, 0.05) is 13.2 Å². The molecule has 0 atom stereocenters. The molecular formula is C12H10ClN5O. The first-order valence-electron chi connectivity index (χ1n) is 5.63. The average Bonchev–Trinajstić information content (AvgIpc) is 2.78. The van der Waals surface area contributed by atoms with Gasteiger partial charge < -0.3 is 0 Å². The number of hydrogen-bond acceptors (Lipinski definition) is 4. The minimum Gasteiger partial charge on any atom is -0.294 e. The van der Waals surface area contributed by atoms with Crippen molar-refractivity contribution >= 4 is 22.6 Å². The van der Waals surface area contributed by atoms with Gasteiger partial charge in [-0.2, -0.15) is 5.10 Å². The van der Waals surface area contributed by atoms with Gasteiger partial charge in [-0.25, -0.2) is 9.97 Å². The van der Waals surface area contributed by atoms with Crippen molar-refractivity contribution in [1.29, 1.82) is 0 Å². The first-order valence-corrected chi connectivity index (χ1v) is 6.00. The number of fused-ring (bicyclic) bond motifs is 1. The number of pyridine rings is 1. The summed E-state index contributed by atoms with van der Waals surface area (Å²) in [6.45, 7) is 0.404. The lowest BCUT2D eigenvalue weighted by molar-refractivity contribution is 0.735. The zero-order valence-electron chi connectivity index (χ0n) is 10.1. The van der Waals surface area contributed by atoms with Crippen LogP contribution in [-0.2, 0) is 13.6 Å². The molecule has 0 spiro atoms. The second-order valence-corrected chi connectivity index (χ2v) is 4.56. The molecule has 3 rings (SSSR count). The monoisotopic (exact) mass is 275 g/mol.